The number of halogens is 1. The van der Waals surface area contributed by atoms with E-state index in [0.29, 0.717) is 12.4 Å². The van der Waals surface area contributed by atoms with E-state index in [0.717, 1.165) is 38.0 Å². The minimum Gasteiger partial charge on any atom is -0.488 e. The van der Waals surface area contributed by atoms with Gasteiger partial charge < -0.3 is 14.8 Å². The highest BCUT2D eigenvalue weighted by molar-refractivity contribution is 5.36. The molecule has 1 aliphatic heterocycles. The molecule has 3 nitrogen and oxygen atoms in total. The molecule has 2 atom stereocenters. The lowest BCUT2D eigenvalue weighted by molar-refractivity contribution is 0.00674. The van der Waals surface area contributed by atoms with Crippen LogP contribution in [0.2, 0.25) is 0 Å². The summed E-state index contributed by atoms with van der Waals surface area (Å²) in [5.41, 5.74) is 1.01. The molecule has 0 aliphatic carbocycles. The highest BCUT2D eigenvalue weighted by Gasteiger charge is 2.19. The third-order valence-electron chi connectivity index (χ3n) is 3.55. The highest BCUT2D eigenvalue weighted by atomic mass is 19.1. The van der Waals surface area contributed by atoms with Gasteiger partial charge in [-0.25, -0.2) is 4.39 Å². The van der Waals surface area contributed by atoms with Crippen molar-refractivity contribution in [1.82, 2.24) is 5.32 Å². The quantitative estimate of drug-likeness (QED) is 0.866. The second kappa shape index (κ2) is 7.60. The zero-order chi connectivity index (χ0) is 14.4. The summed E-state index contributed by atoms with van der Waals surface area (Å²) in [6.07, 6.45) is 3.06. The Kier molecular flexibility index (Phi) is 5.80. The van der Waals surface area contributed by atoms with E-state index in [1.54, 1.807) is 0 Å². The van der Waals surface area contributed by atoms with Crippen molar-refractivity contribution in [1.29, 1.82) is 0 Å². The van der Waals surface area contributed by atoms with Crippen molar-refractivity contribution in [3.8, 4) is 5.75 Å². The molecule has 2 unspecified atom stereocenters. The lowest BCUT2D eigenvalue weighted by Crippen LogP contribution is -2.29. The predicted molar refractivity (Wildman–Crippen MR) is 77.6 cm³/mol. The topological polar surface area (TPSA) is 30.5 Å². The molecule has 0 saturated carbocycles. The molecule has 1 fully saturated rings. The zero-order valence-corrected chi connectivity index (χ0v) is 12.3. The van der Waals surface area contributed by atoms with Gasteiger partial charge in [0.2, 0.25) is 0 Å². The van der Waals surface area contributed by atoms with Crippen molar-refractivity contribution in [2.45, 2.75) is 45.3 Å². The summed E-state index contributed by atoms with van der Waals surface area (Å²) in [4.78, 5) is 0. The van der Waals surface area contributed by atoms with Crippen LogP contribution in [0, 0.1) is 5.82 Å². The van der Waals surface area contributed by atoms with Crippen molar-refractivity contribution in [2.24, 2.45) is 0 Å². The van der Waals surface area contributed by atoms with Gasteiger partial charge in [0.15, 0.2) is 0 Å². The normalized spacial score (nSPS) is 20.6. The van der Waals surface area contributed by atoms with Gasteiger partial charge in [-0.3, -0.25) is 0 Å². The van der Waals surface area contributed by atoms with Crippen LogP contribution in [-0.2, 0) is 4.74 Å². The fraction of sp³-hybridized carbons (Fsp3) is 0.625. The lowest BCUT2D eigenvalue weighted by Gasteiger charge is -2.26. The van der Waals surface area contributed by atoms with E-state index in [4.69, 9.17) is 9.47 Å². The van der Waals surface area contributed by atoms with Gasteiger partial charge >= 0.3 is 0 Å². The van der Waals surface area contributed by atoms with Crippen LogP contribution in [0.1, 0.15) is 44.7 Å². The summed E-state index contributed by atoms with van der Waals surface area (Å²) in [6.45, 7) is 6.52. The zero-order valence-electron chi connectivity index (χ0n) is 12.3. The van der Waals surface area contributed by atoms with E-state index < -0.39 is 0 Å². The van der Waals surface area contributed by atoms with Crippen molar-refractivity contribution < 1.29 is 13.9 Å². The van der Waals surface area contributed by atoms with E-state index >= 15 is 0 Å². The van der Waals surface area contributed by atoms with Gasteiger partial charge in [-0.2, -0.15) is 0 Å². The summed E-state index contributed by atoms with van der Waals surface area (Å²) in [5, 5.41) is 3.41. The van der Waals surface area contributed by atoms with Crippen LogP contribution in [0.15, 0.2) is 18.2 Å². The average Bonchev–Trinajstić information content (AvgIpc) is 2.46. The maximum Gasteiger partial charge on any atom is 0.127 e. The van der Waals surface area contributed by atoms with Gasteiger partial charge in [0.25, 0.3) is 0 Å². The van der Waals surface area contributed by atoms with Crippen LogP contribution >= 0.6 is 0 Å². The van der Waals surface area contributed by atoms with Crippen molar-refractivity contribution in [3.05, 3.63) is 29.6 Å². The molecule has 1 heterocycles. The molecular weight excluding hydrogens is 257 g/mol. The summed E-state index contributed by atoms with van der Waals surface area (Å²) in [5.74, 6) is 0.375. The second-order valence-electron chi connectivity index (χ2n) is 5.31. The fourth-order valence-corrected chi connectivity index (χ4v) is 2.42. The average molecular weight is 281 g/mol. The number of benzene rings is 1. The fourth-order valence-electron chi connectivity index (χ4n) is 2.42. The molecule has 0 bridgehead atoms. The molecule has 2 rings (SSSR count). The highest BCUT2D eigenvalue weighted by Crippen LogP contribution is 2.28. The molecule has 1 saturated heterocycles. The van der Waals surface area contributed by atoms with Crippen LogP contribution in [0.25, 0.3) is 0 Å². The maximum absolute atomic E-state index is 13.5. The van der Waals surface area contributed by atoms with E-state index in [-0.39, 0.29) is 18.0 Å². The first-order valence-corrected chi connectivity index (χ1v) is 7.48. The summed E-state index contributed by atoms with van der Waals surface area (Å²) in [6, 6.07) is 4.93. The number of hydrogen-bond donors (Lipinski definition) is 1. The molecule has 4 heteroatoms. The first-order valence-electron chi connectivity index (χ1n) is 7.48. The minimum absolute atomic E-state index is 0.0303. The van der Waals surface area contributed by atoms with Crippen LogP contribution < -0.4 is 10.1 Å². The van der Waals surface area contributed by atoms with Crippen LogP contribution in [0.4, 0.5) is 4.39 Å². The Morgan fingerprint density at radius 1 is 1.50 bits per heavy atom. The van der Waals surface area contributed by atoms with E-state index in [1.165, 1.54) is 12.1 Å². The van der Waals surface area contributed by atoms with Crippen molar-refractivity contribution in [2.75, 3.05) is 19.8 Å². The van der Waals surface area contributed by atoms with Crippen LogP contribution in [-0.4, -0.2) is 25.9 Å². The molecular formula is C16H24FNO2. The molecule has 0 amide bonds. The smallest absolute Gasteiger partial charge is 0.127 e. The Hall–Kier alpha value is -1.13. The molecule has 1 N–H and O–H groups in total. The SMILES string of the molecule is CCCNC(C)c1ccc(F)cc1OC1CCCOC1. The molecule has 0 spiro atoms. The molecule has 20 heavy (non-hydrogen) atoms. The Morgan fingerprint density at radius 2 is 2.35 bits per heavy atom. The standard InChI is InChI=1S/C16H24FNO2/c1-3-8-18-12(2)15-7-6-13(17)10-16(15)20-14-5-4-9-19-11-14/h6-7,10,12,14,18H,3-5,8-9,11H2,1-2H3. The van der Waals surface area contributed by atoms with E-state index in [1.807, 2.05) is 6.07 Å². The predicted octanol–water partition coefficient (Wildman–Crippen LogP) is 3.44. The molecule has 0 radical (unpaired) electrons. The Balaban J connectivity index is 2.10. The van der Waals surface area contributed by atoms with E-state index in [9.17, 15) is 4.39 Å². The number of hydrogen-bond acceptors (Lipinski definition) is 3. The molecule has 1 aromatic rings. The Labute approximate surface area is 120 Å². The van der Waals surface area contributed by atoms with Crippen molar-refractivity contribution in [3.63, 3.8) is 0 Å². The monoisotopic (exact) mass is 281 g/mol. The lowest BCUT2D eigenvalue weighted by atomic mass is 10.1. The Morgan fingerprint density at radius 3 is 3.05 bits per heavy atom. The molecule has 0 aromatic heterocycles. The van der Waals surface area contributed by atoms with Gasteiger partial charge in [0.1, 0.15) is 17.7 Å². The third kappa shape index (κ3) is 4.18. The molecule has 1 aromatic carbocycles. The van der Waals surface area contributed by atoms with Gasteiger partial charge in [-0.15, -0.1) is 0 Å². The van der Waals surface area contributed by atoms with Gasteiger partial charge in [0, 0.05) is 24.3 Å². The number of rotatable bonds is 6. The van der Waals surface area contributed by atoms with Gasteiger partial charge in [-0.05, 0) is 38.8 Å². The number of ether oxygens (including phenoxy) is 2. The first kappa shape index (κ1) is 15.3. The summed E-state index contributed by atoms with van der Waals surface area (Å²) >= 11 is 0. The largest absolute Gasteiger partial charge is 0.488 e. The van der Waals surface area contributed by atoms with Gasteiger partial charge in [0.05, 0.1) is 6.61 Å². The molecule has 1 aliphatic rings. The molecule has 112 valence electrons. The third-order valence-corrected chi connectivity index (χ3v) is 3.55. The van der Waals surface area contributed by atoms with E-state index in [2.05, 4.69) is 19.2 Å². The van der Waals surface area contributed by atoms with Crippen molar-refractivity contribution >= 4 is 0 Å². The van der Waals surface area contributed by atoms with Gasteiger partial charge in [-0.1, -0.05) is 13.0 Å². The van der Waals surface area contributed by atoms with Crippen LogP contribution in [0.5, 0.6) is 5.75 Å². The summed E-state index contributed by atoms with van der Waals surface area (Å²) in [7, 11) is 0. The maximum atomic E-state index is 13.5. The number of nitrogens with one attached hydrogen (secondary N) is 1. The minimum atomic E-state index is -0.261. The van der Waals surface area contributed by atoms with Crippen LogP contribution in [0.3, 0.4) is 0 Å². The second-order valence-corrected chi connectivity index (χ2v) is 5.31. The first-order chi connectivity index (χ1) is 9.70. The Bertz CT molecular complexity index is 419. The summed E-state index contributed by atoms with van der Waals surface area (Å²) < 4.78 is 24.9.